The maximum Gasteiger partial charge on any atom is 0.410 e. The Hall–Kier alpha value is -2.24. The molecule has 3 heterocycles. The van der Waals surface area contributed by atoms with Crippen LogP contribution in [-0.4, -0.2) is 44.9 Å². The Bertz CT molecular complexity index is 654. The fraction of sp³-hybridized carbons (Fsp3) is 0.529. The summed E-state index contributed by atoms with van der Waals surface area (Å²) in [7, 11) is 0. The maximum absolute atomic E-state index is 12.3. The summed E-state index contributed by atoms with van der Waals surface area (Å²) in [6.45, 7) is 7.10. The van der Waals surface area contributed by atoms with Gasteiger partial charge in [0.05, 0.1) is 5.69 Å². The molecule has 124 valence electrons. The number of H-pyrrole nitrogens is 2. The molecular formula is C17H24N4O2. The van der Waals surface area contributed by atoms with Crippen LogP contribution in [0.15, 0.2) is 24.4 Å². The van der Waals surface area contributed by atoms with Crippen molar-refractivity contribution in [3.8, 4) is 11.4 Å². The molecule has 1 atom stereocenters. The number of aromatic nitrogens is 3. The zero-order valence-corrected chi connectivity index (χ0v) is 13.9. The summed E-state index contributed by atoms with van der Waals surface area (Å²) in [5.74, 6) is 0.271. The van der Waals surface area contributed by atoms with Crippen molar-refractivity contribution in [2.24, 2.45) is 0 Å². The molecule has 2 aromatic heterocycles. The lowest BCUT2D eigenvalue weighted by Crippen LogP contribution is -2.42. The van der Waals surface area contributed by atoms with Gasteiger partial charge in [-0.25, -0.2) is 4.79 Å². The minimum Gasteiger partial charge on any atom is -0.444 e. The summed E-state index contributed by atoms with van der Waals surface area (Å²) in [4.78, 5) is 17.2. The van der Waals surface area contributed by atoms with Crippen molar-refractivity contribution in [2.75, 3.05) is 13.1 Å². The van der Waals surface area contributed by atoms with E-state index in [1.54, 1.807) is 4.90 Å². The predicted molar refractivity (Wildman–Crippen MR) is 88.2 cm³/mol. The maximum atomic E-state index is 12.3. The van der Waals surface area contributed by atoms with E-state index in [1.165, 1.54) is 0 Å². The first-order valence-corrected chi connectivity index (χ1v) is 8.09. The first-order chi connectivity index (χ1) is 10.9. The number of carbonyl (C=O) groups is 1. The number of ether oxygens (including phenoxy) is 1. The Morgan fingerprint density at radius 2 is 2.26 bits per heavy atom. The van der Waals surface area contributed by atoms with Crippen molar-refractivity contribution in [1.29, 1.82) is 0 Å². The lowest BCUT2D eigenvalue weighted by molar-refractivity contribution is 0.0197. The van der Waals surface area contributed by atoms with Gasteiger partial charge in [-0.3, -0.25) is 5.10 Å². The number of likely N-dealkylation sites (tertiary alicyclic amines) is 1. The van der Waals surface area contributed by atoms with Crippen LogP contribution in [0.5, 0.6) is 0 Å². The van der Waals surface area contributed by atoms with Gasteiger partial charge < -0.3 is 14.6 Å². The summed E-state index contributed by atoms with van der Waals surface area (Å²) in [5.41, 5.74) is 2.51. The predicted octanol–water partition coefficient (Wildman–Crippen LogP) is 3.52. The number of nitrogens with zero attached hydrogens (tertiary/aromatic N) is 2. The van der Waals surface area contributed by atoms with E-state index in [0.717, 1.165) is 36.5 Å². The Morgan fingerprint density at radius 1 is 1.43 bits per heavy atom. The lowest BCUT2D eigenvalue weighted by Gasteiger charge is -2.33. The Kier molecular flexibility index (Phi) is 4.15. The third kappa shape index (κ3) is 3.75. The molecule has 0 radical (unpaired) electrons. The second-order valence-corrected chi connectivity index (χ2v) is 7.06. The number of amides is 1. The number of hydrogen-bond donors (Lipinski definition) is 2. The van der Waals surface area contributed by atoms with E-state index in [2.05, 4.69) is 21.2 Å². The average molecular weight is 316 g/mol. The molecule has 1 saturated heterocycles. The molecule has 6 heteroatoms. The molecule has 2 N–H and O–H groups in total. The van der Waals surface area contributed by atoms with Gasteiger partial charge in [0.15, 0.2) is 0 Å². The van der Waals surface area contributed by atoms with Gasteiger partial charge >= 0.3 is 6.09 Å². The summed E-state index contributed by atoms with van der Waals surface area (Å²) in [6.07, 6.45) is 3.67. The van der Waals surface area contributed by atoms with Gasteiger partial charge in [-0.15, -0.1) is 0 Å². The zero-order chi connectivity index (χ0) is 16.4. The normalized spacial score (nSPS) is 18.9. The van der Waals surface area contributed by atoms with Gasteiger partial charge in [-0.1, -0.05) is 0 Å². The first-order valence-electron chi connectivity index (χ1n) is 8.09. The van der Waals surface area contributed by atoms with Gasteiger partial charge in [-0.05, 0) is 51.8 Å². The highest BCUT2D eigenvalue weighted by Crippen LogP contribution is 2.28. The highest BCUT2D eigenvalue weighted by atomic mass is 16.6. The van der Waals surface area contributed by atoms with E-state index >= 15 is 0 Å². The summed E-state index contributed by atoms with van der Waals surface area (Å²) < 4.78 is 5.48. The quantitative estimate of drug-likeness (QED) is 0.890. The van der Waals surface area contributed by atoms with E-state index < -0.39 is 5.60 Å². The summed E-state index contributed by atoms with van der Waals surface area (Å²) in [6, 6.07) is 6.01. The smallest absolute Gasteiger partial charge is 0.410 e. The second kappa shape index (κ2) is 6.10. The molecule has 23 heavy (non-hydrogen) atoms. The molecular weight excluding hydrogens is 292 g/mol. The molecule has 3 rings (SSSR count). The van der Waals surface area contributed by atoms with E-state index in [-0.39, 0.29) is 12.0 Å². The van der Waals surface area contributed by atoms with Crippen molar-refractivity contribution in [1.82, 2.24) is 20.1 Å². The lowest BCUT2D eigenvalue weighted by atomic mass is 9.95. The molecule has 0 spiro atoms. The fourth-order valence-corrected chi connectivity index (χ4v) is 2.90. The van der Waals surface area contributed by atoms with Crippen molar-refractivity contribution in [3.05, 3.63) is 30.1 Å². The molecule has 1 amide bonds. The minimum atomic E-state index is -0.460. The largest absolute Gasteiger partial charge is 0.444 e. The summed E-state index contributed by atoms with van der Waals surface area (Å²) in [5, 5.41) is 7.49. The van der Waals surface area contributed by atoms with Crippen molar-refractivity contribution >= 4 is 6.09 Å². The summed E-state index contributed by atoms with van der Waals surface area (Å²) >= 11 is 0. The molecule has 1 aliphatic heterocycles. The van der Waals surface area contributed by atoms with Crippen LogP contribution in [-0.2, 0) is 4.74 Å². The number of piperidine rings is 1. The Morgan fingerprint density at radius 3 is 2.96 bits per heavy atom. The second-order valence-electron chi connectivity index (χ2n) is 7.06. The van der Waals surface area contributed by atoms with E-state index in [0.29, 0.717) is 6.54 Å². The number of rotatable bonds is 2. The van der Waals surface area contributed by atoms with Gasteiger partial charge in [0.2, 0.25) is 0 Å². The fourth-order valence-electron chi connectivity index (χ4n) is 2.90. The van der Waals surface area contributed by atoms with Gasteiger partial charge in [0.25, 0.3) is 0 Å². The molecule has 0 saturated carbocycles. The van der Waals surface area contributed by atoms with Crippen LogP contribution in [0.2, 0.25) is 0 Å². The molecule has 1 aliphatic rings. The molecule has 2 aromatic rings. The Balaban J connectivity index is 1.68. The van der Waals surface area contributed by atoms with Gasteiger partial charge in [0, 0.05) is 30.9 Å². The third-order valence-corrected chi connectivity index (χ3v) is 3.98. The monoisotopic (exact) mass is 316 g/mol. The molecule has 6 nitrogen and oxygen atoms in total. The average Bonchev–Trinajstić information content (AvgIpc) is 3.17. The zero-order valence-electron chi connectivity index (χ0n) is 13.9. The van der Waals surface area contributed by atoms with E-state index in [4.69, 9.17) is 4.74 Å². The number of aromatic amines is 2. The molecule has 1 fully saturated rings. The molecule has 0 aromatic carbocycles. The van der Waals surface area contributed by atoms with Crippen LogP contribution in [0.25, 0.3) is 11.4 Å². The van der Waals surface area contributed by atoms with Crippen LogP contribution in [0.3, 0.4) is 0 Å². The van der Waals surface area contributed by atoms with Crippen molar-refractivity contribution in [3.63, 3.8) is 0 Å². The minimum absolute atomic E-state index is 0.230. The van der Waals surface area contributed by atoms with Crippen LogP contribution < -0.4 is 0 Å². The number of nitrogens with one attached hydrogen (secondary N) is 2. The highest BCUT2D eigenvalue weighted by Gasteiger charge is 2.29. The van der Waals surface area contributed by atoms with Gasteiger partial charge in [0.1, 0.15) is 11.3 Å². The van der Waals surface area contributed by atoms with Gasteiger partial charge in [-0.2, -0.15) is 5.10 Å². The first kappa shape index (κ1) is 15.6. The van der Waals surface area contributed by atoms with Crippen molar-refractivity contribution < 1.29 is 9.53 Å². The van der Waals surface area contributed by atoms with Crippen molar-refractivity contribution in [2.45, 2.75) is 45.1 Å². The standard InChI is InChI=1S/C17H24N4O2/c1-17(2,3)23-16(22)21-9-5-6-12(11-21)14-10-15(20-19-14)13-7-4-8-18-13/h4,7-8,10,12,18H,5-6,9,11H2,1-3H3,(H,19,20). The van der Waals surface area contributed by atoms with Crippen LogP contribution in [0, 0.1) is 0 Å². The van der Waals surface area contributed by atoms with Crippen LogP contribution in [0.4, 0.5) is 4.79 Å². The highest BCUT2D eigenvalue weighted by molar-refractivity contribution is 5.68. The SMILES string of the molecule is CC(C)(C)OC(=O)N1CCCC(c2cc(-c3ccc[nH]3)n[nH]2)C1. The molecule has 0 bridgehead atoms. The Labute approximate surface area is 136 Å². The number of hydrogen-bond acceptors (Lipinski definition) is 3. The molecule has 1 unspecified atom stereocenters. The van der Waals surface area contributed by atoms with E-state index in [9.17, 15) is 4.79 Å². The van der Waals surface area contributed by atoms with E-state index in [1.807, 2.05) is 39.1 Å². The van der Waals surface area contributed by atoms with Crippen LogP contribution >= 0.6 is 0 Å². The topological polar surface area (TPSA) is 74.0 Å². The number of carbonyl (C=O) groups excluding carboxylic acids is 1. The van der Waals surface area contributed by atoms with Crippen LogP contribution in [0.1, 0.15) is 45.2 Å². The molecule has 0 aliphatic carbocycles. The third-order valence-electron chi connectivity index (χ3n) is 3.98.